The summed E-state index contributed by atoms with van der Waals surface area (Å²) in [5.41, 5.74) is 2.38. The van der Waals surface area contributed by atoms with Crippen LogP contribution < -0.4 is 5.32 Å². The van der Waals surface area contributed by atoms with Gasteiger partial charge in [-0.1, -0.05) is 40.2 Å². The van der Waals surface area contributed by atoms with Gasteiger partial charge in [0.25, 0.3) is 5.91 Å². The highest BCUT2D eigenvalue weighted by Gasteiger charge is 2.06. The van der Waals surface area contributed by atoms with Crippen molar-refractivity contribution in [1.82, 2.24) is 10.3 Å². The average Bonchev–Trinajstić information content (AvgIpc) is 2.45. The summed E-state index contributed by atoms with van der Waals surface area (Å²) < 4.78 is 12.9. The molecular formula is C14H12BrFN2O. The number of nitrogens with zero attached hydrogens (tertiary/aromatic N) is 1. The van der Waals surface area contributed by atoms with Crippen molar-refractivity contribution in [3.8, 4) is 0 Å². The average molecular weight is 323 g/mol. The van der Waals surface area contributed by atoms with E-state index in [1.807, 2.05) is 24.3 Å². The van der Waals surface area contributed by atoms with Crippen LogP contribution in [0.4, 0.5) is 4.39 Å². The first kappa shape index (κ1) is 13.7. The summed E-state index contributed by atoms with van der Waals surface area (Å²) in [5, 5.41) is 3.52. The summed E-state index contributed by atoms with van der Waals surface area (Å²) >= 11 is 3.37. The molecule has 1 N–H and O–H groups in total. The van der Waals surface area contributed by atoms with Crippen molar-refractivity contribution in [2.24, 2.45) is 0 Å². The molecule has 0 aliphatic rings. The Balaban J connectivity index is 1.96. The maximum absolute atomic E-state index is 12.9. The number of rotatable bonds is 4. The third-order valence-corrected chi connectivity index (χ3v) is 3.24. The Morgan fingerprint density at radius 2 is 1.89 bits per heavy atom. The molecule has 98 valence electrons. The van der Waals surface area contributed by atoms with Crippen molar-refractivity contribution in [1.29, 1.82) is 0 Å². The summed E-state index contributed by atoms with van der Waals surface area (Å²) in [6.07, 6.45) is 2.40. The quantitative estimate of drug-likeness (QED) is 0.879. The van der Waals surface area contributed by atoms with Crippen LogP contribution in [0.1, 0.15) is 21.5 Å². The largest absolute Gasteiger partial charge is 0.348 e. The lowest BCUT2D eigenvalue weighted by molar-refractivity contribution is 0.0950. The Hall–Kier alpha value is -1.75. The Morgan fingerprint density at radius 3 is 2.53 bits per heavy atom. The molecule has 0 aliphatic carbocycles. The molecule has 0 bridgehead atoms. The fourth-order valence-corrected chi connectivity index (χ4v) is 1.94. The molecular weight excluding hydrogens is 311 g/mol. The number of benzene rings is 1. The summed E-state index contributed by atoms with van der Waals surface area (Å²) in [5.74, 6) is -0.856. The van der Waals surface area contributed by atoms with Crippen LogP contribution in [0.5, 0.6) is 0 Å². The van der Waals surface area contributed by atoms with Gasteiger partial charge in [0, 0.05) is 18.1 Å². The maximum atomic E-state index is 12.9. The third kappa shape index (κ3) is 3.86. The maximum Gasteiger partial charge on any atom is 0.253 e. The van der Waals surface area contributed by atoms with E-state index in [9.17, 15) is 9.18 Å². The van der Waals surface area contributed by atoms with Gasteiger partial charge in [0.2, 0.25) is 0 Å². The van der Waals surface area contributed by atoms with Crippen LogP contribution in [-0.4, -0.2) is 10.9 Å². The van der Waals surface area contributed by atoms with Gasteiger partial charge in [-0.3, -0.25) is 9.78 Å². The van der Waals surface area contributed by atoms with E-state index in [2.05, 4.69) is 26.2 Å². The van der Waals surface area contributed by atoms with Crippen molar-refractivity contribution >= 4 is 21.8 Å². The molecule has 0 unspecified atom stereocenters. The van der Waals surface area contributed by atoms with E-state index >= 15 is 0 Å². The monoisotopic (exact) mass is 322 g/mol. The Kier molecular flexibility index (Phi) is 4.63. The summed E-state index contributed by atoms with van der Waals surface area (Å²) in [6, 6.07) is 9.03. The molecule has 1 aromatic heterocycles. The van der Waals surface area contributed by atoms with E-state index < -0.39 is 5.82 Å². The minimum Gasteiger partial charge on any atom is -0.348 e. The van der Waals surface area contributed by atoms with Crippen LogP contribution in [0.2, 0.25) is 0 Å². The van der Waals surface area contributed by atoms with Gasteiger partial charge in [0.05, 0.1) is 11.8 Å². The highest BCUT2D eigenvalue weighted by molar-refractivity contribution is 9.08. The van der Waals surface area contributed by atoms with Crippen molar-refractivity contribution in [3.05, 3.63) is 65.2 Å². The normalized spacial score (nSPS) is 10.2. The van der Waals surface area contributed by atoms with Gasteiger partial charge in [-0.15, -0.1) is 0 Å². The molecule has 1 heterocycles. The van der Waals surface area contributed by atoms with Crippen LogP contribution in [0.25, 0.3) is 0 Å². The molecule has 0 saturated heterocycles. The van der Waals surface area contributed by atoms with Crippen LogP contribution >= 0.6 is 15.9 Å². The van der Waals surface area contributed by atoms with Crippen molar-refractivity contribution in [3.63, 3.8) is 0 Å². The van der Waals surface area contributed by atoms with Gasteiger partial charge in [-0.25, -0.2) is 4.39 Å². The highest BCUT2D eigenvalue weighted by atomic mass is 79.9. The number of alkyl halides is 1. The predicted octanol–water partition coefficient (Wildman–Crippen LogP) is 3.05. The molecule has 0 radical (unpaired) electrons. The molecule has 0 aliphatic heterocycles. The summed E-state index contributed by atoms with van der Waals surface area (Å²) in [6.45, 7) is 0.401. The molecule has 2 aromatic rings. The lowest BCUT2D eigenvalue weighted by Crippen LogP contribution is -2.23. The number of amides is 1. The first-order chi connectivity index (χ1) is 9.19. The van der Waals surface area contributed by atoms with Gasteiger partial charge in [-0.05, 0) is 17.2 Å². The van der Waals surface area contributed by atoms with E-state index in [1.165, 1.54) is 11.8 Å². The summed E-state index contributed by atoms with van der Waals surface area (Å²) in [7, 11) is 0. The van der Waals surface area contributed by atoms with E-state index in [4.69, 9.17) is 0 Å². The molecule has 0 atom stereocenters. The number of nitrogens with one attached hydrogen (secondary N) is 1. The molecule has 19 heavy (non-hydrogen) atoms. The predicted molar refractivity (Wildman–Crippen MR) is 74.4 cm³/mol. The molecule has 2 rings (SSSR count). The zero-order chi connectivity index (χ0) is 13.7. The Labute approximate surface area is 119 Å². The van der Waals surface area contributed by atoms with Crippen molar-refractivity contribution in [2.45, 2.75) is 11.9 Å². The minimum atomic E-state index is -0.519. The van der Waals surface area contributed by atoms with Crippen LogP contribution in [0, 0.1) is 5.82 Å². The van der Waals surface area contributed by atoms with Crippen LogP contribution in [0.15, 0.2) is 42.7 Å². The van der Waals surface area contributed by atoms with E-state index in [0.29, 0.717) is 6.54 Å². The van der Waals surface area contributed by atoms with E-state index in [-0.39, 0.29) is 11.5 Å². The zero-order valence-corrected chi connectivity index (χ0v) is 11.7. The number of carbonyl (C=O) groups excluding carboxylic acids is 1. The molecule has 0 saturated carbocycles. The van der Waals surface area contributed by atoms with Crippen molar-refractivity contribution < 1.29 is 9.18 Å². The second-order valence-corrected chi connectivity index (χ2v) is 4.59. The number of halogens is 2. The summed E-state index contributed by atoms with van der Waals surface area (Å²) in [4.78, 5) is 15.4. The molecule has 5 heteroatoms. The first-order valence-corrected chi connectivity index (χ1v) is 6.83. The standard InChI is InChI=1S/C14H12BrFN2O/c15-6-10-1-3-11(4-2-10)7-18-14(19)12-5-13(16)9-17-8-12/h1-5,8-9H,6-7H2,(H,18,19). The van der Waals surface area contributed by atoms with Crippen molar-refractivity contribution in [2.75, 3.05) is 0 Å². The highest BCUT2D eigenvalue weighted by Crippen LogP contribution is 2.08. The minimum absolute atomic E-state index is 0.220. The lowest BCUT2D eigenvalue weighted by Gasteiger charge is -2.06. The fourth-order valence-electron chi connectivity index (χ4n) is 1.57. The molecule has 1 aromatic carbocycles. The van der Waals surface area contributed by atoms with Gasteiger partial charge in [0.1, 0.15) is 5.82 Å². The van der Waals surface area contributed by atoms with Gasteiger partial charge < -0.3 is 5.32 Å². The second-order valence-electron chi connectivity index (χ2n) is 4.02. The van der Waals surface area contributed by atoms with Crippen LogP contribution in [-0.2, 0) is 11.9 Å². The lowest BCUT2D eigenvalue weighted by atomic mass is 10.1. The van der Waals surface area contributed by atoms with E-state index in [1.54, 1.807) is 0 Å². The smallest absolute Gasteiger partial charge is 0.253 e. The molecule has 0 fully saturated rings. The number of aromatic nitrogens is 1. The number of hydrogen-bond acceptors (Lipinski definition) is 2. The molecule has 1 amide bonds. The van der Waals surface area contributed by atoms with Gasteiger partial charge >= 0.3 is 0 Å². The fraction of sp³-hybridized carbons (Fsp3) is 0.143. The van der Waals surface area contributed by atoms with Gasteiger partial charge in [0.15, 0.2) is 0 Å². The Bertz CT molecular complexity index is 572. The number of carbonyl (C=O) groups is 1. The molecule has 3 nitrogen and oxygen atoms in total. The van der Waals surface area contributed by atoms with Gasteiger partial charge in [-0.2, -0.15) is 0 Å². The first-order valence-electron chi connectivity index (χ1n) is 5.71. The number of hydrogen-bond donors (Lipinski definition) is 1. The topological polar surface area (TPSA) is 42.0 Å². The Morgan fingerprint density at radius 1 is 1.21 bits per heavy atom. The third-order valence-electron chi connectivity index (χ3n) is 2.60. The van der Waals surface area contributed by atoms with Crippen LogP contribution in [0.3, 0.4) is 0 Å². The zero-order valence-electron chi connectivity index (χ0n) is 10.1. The number of pyridine rings is 1. The molecule has 0 spiro atoms. The SMILES string of the molecule is O=C(NCc1ccc(CBr)cc1)c1cncc(F)c1. The second kappa shape index (κ2) is 6.43. The van der Waals surface area contributed by atoms with E-state index in [0.717, 1.165) is 23.2 Å².